The molecule has 3 aromatic rings. The molecule has 0 radical (unpaired) electrons. The van der Waals surface area contributed by atoms with Crippen LogP contribution in [0.25, 0.3) is 11.2 Å². The van der Waals surface area contributed by atoms with Gasteiger partial charge in [-0.1, -0.05) is 39.3 Å². The molecule has 1 aromatic carbocycles. The fourth-order valence-electron chi connectivity index (χ4n) is 9.68. The number of allylic oxidation sites excluding steroid dienone is 2. The molecule has 4 aliphatic carbocycles. The number of imidazole rings is 1. The van der Waals surface area contributed by atoms with Gasteiger partial charge < -0.3 is 26.0 Å². The minimum Gasteiger partial charge on any atom is -0.504 e. The Morgan fingerprint density at radius 2 is 1.72 bits per heavy atom. The first-order valence-electron chi connectivity index (χ1n) is 15.5. The van der Waals surface area contributed by atoms with E-state index in [1.807, 2.05) is 19.9 Å². The Morgan fingerprint density at radius 3 is 2.42 bits per heavy atom. The molecule has 0 amide bonds. The summed E-state index contributed by atoms with van der Waals surface area (Å²) in [6, 6.07) is 1.81. The Labute approximate surface area is 253 Å². The number of aromatic amines is 1. The second-order valence-electron chi connectivity index (χ2n) is 14.9. The summed E-state index contributed by atoms with van der Waals surface area (Å²) in [4.78, 5) is 26.6. The number of nitrogens with two attached hydrogens (primary N) is 1. The predicted molar refractivity (Wildman–Crippen MR) is 166 cm³/mol. The number of aromatic hydroxyl groups is 2. The van der Waals surface area contributed by atoms with Crippen molar-refractivity contribution in [1.82, 2.24) is 19.9 Å². The molecule has 230 valence electrons. The third-order valence-corrected chi connectivity index (χ3v) is 12.8. The van der Waals surface area contributed by atoms with Gasteiger partial charge in [0.1, 0.15) is 11.8 Å². The zero-order valence-electron chi connectivity index (χ0n) is 26.2. The van der Waals surface area contributed by atoms with E-state index >= 15 is 0 Å². The molecule has 3 fully saturated rings. The number of aromatic nitrogens is 4. The fourth-order valence-corrected chi connectivity index (χ4v) is 9.68. The molecule has 2 aromatic heterocycles. The third-order valence-electron chi connectivity index (χ3n) is 12.8. The maximum absolute atomic E-state index is 12.3. The van der Waals surface area contributed by atoms with Gasteiger partial charge in [-0.05, 0) is 110 Å². The number of nitrogens with one attached hydrogen (secondary N) is 1. The van der Waals surface area contributed by atoms with Crippen LogP contribution >= 0.6 is 0 Å². The number of benzene rings is 1. The van der Waals surface area contributed by atoms with Crippen LogP contribution in [0.2, 0.25) is 0 Å². The molecule has 0 aliphatic heterocycles. The average molecular weight is 588 g/mol. The molecule has 2 heterocycles. The first-order chi connectivity index (χ1) is 20.1. The normalized spacial score (nSPS) is 36.2. The molecule has 4 aliphatic rings. The van der Waals surface area contributed by atoms with Crippen molar-refractivity contribution in [3.8, 4) is 11.5 Å². The van der Waals surface area contributed by atoms with Crippen LogP contribution in [-0.2, 0) is 16.6 Å². The van der Waals surface area contributed by atoms with Crippen LogP contribution in [0.3, 0.4) is 0 Å². The summed E-state index contributed by atoms with van der Waals surface area (Å²) in [5.74, 6) is 0.151. The van der Waals surface area contributed by atoms with Crippen molar-refractivity contribution in [3.63, 3.8) is 0 Å². The number of anilines is 1. The average Bonchev–Trinajstić information content (AvgIpc) is 3.45. The van der Waals surface area contributed by atoms with Crippen LogP contribution in [0.15, 0.2) is 30.4 Å². The Bertz CT molecular complexity index is 1670. The number of fused-ring (bicyclic) bond motifs is 8. The van der Waals surface area contributed by atoms with Gasteiger partial charge in [0.2, 0.25) is 0 Å². The van der Waals surface area contributed by atoms with E-state index in [0.717, 1.165) is 62.5 Å². The highest BCUT2D eigenvalue weighted by Gasteiger charge is 2.67. The summed E-state index contributed by atoms with van der Waals surface area (Å²) in [6.07, 6.45) is 13.0. The lowest BCUT2D eigenvalue weighted by Gasteiger charge is -2.69. The topological polar surface area (TPSA) is 158 Å². The van der Waals surface area contributed by atoms with Gasteiger partial charge in [-0.15, -0.1) is 0 Å². The Balaban J connectivity index is 0.000000277. The summed E-state index contributed by atoms with van der Waals surface area (Å²) >= 11 is 0. The predicted octanol–water partition coefficient (Wildman–Crippen LogP) is 6.58. The van der Waals surface area contributed by atoms with Gasteiger partial charge in [0.25, 0.3) is 0 Å². The number of nitrogens with zero attached hydrogens (tertiary/aromatic N) is 3. The quantitative estimate of drug-likeness (QED) is 0.158. The van der Waals surface area contributed by atoms with Crippen molar-refractivity contribution in [3.05, 3.63) is 47.1 Å². The Morgan fingerprint density at radius 1 is 1.00 bits per heavy atom. The molecule has 43 heavy (non-hydrogen) atoms. The van der Waals surface area contributed by atoms with Crippen LogP contribution < -0.4 is 5.73 Å². The standard InChI is InChI=1S/C29H40O4.C5H5N5/c1-17-18-7-8-21-27(4,19(18)15-20(30)23(17)31)12-14-29(6)22-16-26(3,24(32)33)10-9-25(22,2)11-13-28(21,29)5;6-4-3-5(9-1-7-3)10-2-8-4/h8,15,22,30-31H,7,9-14,16H2,1-6H3,(H,32,33);1-2H,(H3,6,7,8,9,10). The van der Waals surface area contributed by atoms with E-state index in [2.05, 4.69) is 53.7 Å². The number of aliphatic carboxylic acids is 1. The smallest absolute Gasteiger partial charge is 0.309 e. The summed E-state index contributed by atoms with van der Waals surface area (Å²) < 4.78 is 0. The number of hydrogen-bond donors (Lipinski definition) is 5. The van der Waals surface area contributed by atoms with Crippen LogP contribution in [0, 0.1) is 34.5 Å². The number of phenolic OH excluding ortho intramolecular Hbond substituents is 2. The molecule has 6 unspecified atom stereocenters. The Hall–Kier alpha value is -3.62. The molecule has 9 heteroatoms. The summed E-state index contributed by atoms with van der Waals surface area (Å²) in [5, 5.41) is 30.9. The molecule has 6 atom stereocenters. The zero-order valence-corrected chi connectivity index (χ0v) is 26.2. The number of H-pyrrole nitrogens is 1. The second-order valence-corrected chi connectivity index (χ2v) is 14.9. The van der Waals surface area contributed by atoms with Gasteiger partial charge in [0, 0.05) is 5.41 Å². The van der Waals surface area contributed by atoms with Crippen molar-refractivity contribution < 1.29 is 20.1 Å². The number of rotatable bonds is 1. The minimum atomic E-state index is -0.641. The van der Waals surface area contributed by atoms with Gasteiger partial charge in [-0.2, -0.15) is 0 Å². The third kappa shape index (κ3) is 4.02. The van der Waals surface area contributed by atoms with Crippen molar-refractivity contribution in [2.24, 2.45) is 27.6 Å². The van der Waals surface area contributed by atoms with Crippen LogP contribution in [0.1, 0.15) is 96.3 Å². The maximum atomic E-state index is 12.3. The lowest BCUT2D eigenvalue weighted by Crippen LogP contribution is -2.62. The SMILES string of the molecule is Cc1c(O)c(O)cc2c1CC=C1C2(C)CCC2(C)C3CC(C)(C(=O)O)CCC3(C)CCC12C.Nc1ncnc2nc[nH]c12. The van der Waals surface area contributed by atoms with Gasteiger partial charge in [0.05, 0.1) is 11.7 Å². The van der Waals surface area contributed by atoms with Crippen molar-refractivity contribution in [2.75, 3.05) is 5.73 Å². The van der Waals surface area contributed by atoms with Crippen LogP contribution in [0.4, 0.5) is 5.82 Å². The lowest BCUT2D eigenvalue weighted by atomic mass is 9.34. The first-order valence-corrected chi connectivity index (χ1v) is 15.5. The van der Waals surface area contributed by atoms with E-state index < -0.39 is 11.4 Å². The number of hydrogen-bond acceptors (Lipinski definition) is 7. The van der Waals surface area contributed by atoms with Gasteiger partial charge in [-0.3, -0.25) is 4.79 Å². The largest absolute Gasteiger partial charge is 0.504 e. The highest BCUT2D eigenvalue weighted by atomic mass is 16.4. The van der Waals surface area contributed by atoms with Crippen molar-refractivity contribution in [2.45, 2.75) is 98.3 Å². The number of nitrogen functional groups attached to an aromatic ring is 1. The number of carbonyl (C=O) groups is 1. The van der Waals surface area contributed by atoms with E-state index in [-0.39, 0.29) is 33.2 Å². The number of carboxylic acid groups (broad SMARTS) is 1. The zero-order chi connectivity index (χ0) is 31.2. The van der Waals surface area contributed by atoms with E-state index in [9.17, 15) is 20.1 Å². The highest BCUT2D eigenvalue weighted by Crippen LogP contribution is 2.74. The minimum absolute atomic E-state index is 0.00431. The van der Waals surface area contributed by atoms with Gasteiger partial charge >= 0.3 is 5.97 Å². The van der Waals surface area contributed by atoms with Crippen LogP contribution in [0.5, 0.6) is 11.5 Å². The second kappa shape index (κ2) is 9.44. The van der Waals surface area contributed by atoms with Gasteiger partial charge in [-0.25, -0.2) is 15.0 Å². The monoisotopic (exact) mass is 587 g/mol. The fraction of sp³-hybridized carbons (Fsp3) is 0.588. The molecule has 0 saturated heterocycles. The first kappa shape index (κ1) is 29.5. The Kier molecular flexibility index (Phi) is 6.46. The molecular weight excluding hydrogens is 542 g/mol. The van der Waals surface area contributed by atoms with Crippen LogP contribution in [-0.4, -0.2) is 41.2 Å². The molecule has 3 saturated carbocycles. The van der Waals surface area contributed by atoms with E-state index in [0.29, 0.717) is 22.9 Å². The summed E-state index contributed by atoms with van der Waals surface area (Å²) in [6.45, 7) is 13.5. The lowest BCUT2D eigenvalue weighted by molar-refractivity contribution is -0.177. The van der Waals surface area contributed by atoms with E-state index in [1.54, 1.807) is 0 Å². The van der Waals surface area contributed by atoms with Crippen molar-refractivity contribution in [1.29, 1.82) is 0 Å². The highest BCUT2D eigenvalue weighted by molar-refractivity contribution is 5.80. The van der Waals surface area contributed by atoms with E-state index in [1.165, 1.54) is 23.8 Å². The van der Waals surface area contributed by atoms with Crippen molar-refractivity contribution >= 4 is 23.0 Å². The summed E-state index contributed by atoms with van der Waals surface area (Å²) in [7, 11) is 0. The maximum Gasteiger partial charge on any atom is 0.309 e. The molecule has 7 rings (SSSR count). The molecule has 0 spiro atoms. The molecule has 0 bridgehead atoms. The summed E-state index contributed by atoms with van der Waals surface area (Å²) in [5.41, 5.74) is 10.8. The number of carboxylic acids is 1. The number of phenols is 2. The molecular formula is C34H45N5O4. The molecule has 6 N–H and O–H groups in total. The van der Waals surface area contributed by atoms with Gasteiger partial charge in [0.15, 0.2) is 23.0 Å². The molecule has 9 nitrogen and oxygen atoms in total. The van der Waals surface area contributed by atoms with E-state index in [4.69, 9.17) is 5.73 Å².